The molecule has 4 nitrogen and oxygen atoms in total. The largest absolute Gasteiger partial charge is 0.478 e. The van der Waals surface area contributed by atoms with Crippen LogP contribution in [-0.4, -0.2) is 17.0 Å². The molecule has 0 atom stereocenters. The molecular formula is C20H18FNO3. The van der Waals surface area contributed by atoms with Gasteiger partial charge in [0.1, 0.15) is 5.82 Å². The molecule has 2 N–H and O–H groups in total. The first-order valence-electron chi connectivity index (χ1n) is 8.09. The van der Waals surface area contributed by atoms with Gasteiger partial charge in [-0.15, -0.1) is 0 Å². The van der Waals surface area contributed by atoms with Gasteiger partial charge in [0, 0.05) is 11.1 Å². The highest BCUT2D eigenvalue weighted by Gasteiger charge is 2.25. The molecule has 5 heteroatoms. The lowest BCUT2D eigenvalue weighted by Crippen LogP contribution is -2.17. The molecule has 1 aliphatic carbocycles. The predicted octanol–water partition coefficient (Wildman–Crippen LogP) is 4.30. The van der Waals surface area contributed by atoms with Gasteiger partial charge in [-0.1, -0.05) is 35.9 Å². The van der Waals surface area contributed by atoms with Crippen LogP contribution in [0.2, 0.25) is 0 Å². The third-order valence-electron chi connectivity index (χ3n) is 4.32. The minimum absolute atomic E-state index is 0.0468. The number of aryl methyl sites for hydroxylation is 1. The zero-order valence-corrected chi connectivity index (χ0v) is 13.8. The van der Waals surface area contributed by atoms with Gasteiger partial charge < -0.3 is 10.4 Å². The molecular weight excluding hydrogens is 321 g/mol. The molecule has 0 radical (unpaired) electrons. The number of rotatable bonds is 4. The molecule has 0 bridgehead atoms. The van der Waals surface area contributed by atoms with Crippen LogP contribution < -0.4 is 5.32 Å². The second-order valence-electron chi connectivity index (χ2n) is 6.13. The number of carboxylic acid groups (broad SMARTS) is 1. The first-order valence-corrected chi connectivity index (χ1v) is 8.09. The molecule has 0 aromatic heterocycles. The minimum atomic E-state index is -1.09. The lowest BCUT2D eigenvalue weighted by Gasteiger charge is -2.10. The van der Waals surface area contributed by atoms with Gasteiger partial charge in [0.05, 0.1) is 5.69 Å². The normalized spacial score (nSPS) is 13.8. The van der Waals surface area contributed by atoms with E-state index in [2.05, 4.69) is 5.32 Å². The quantitative estimate of drug-likeness (QED) is 0.872. The summed E-state index contributed by atoms with van der Waals surface area (Å²) in [6, 6.07) is 12.3. The molecule has 0 saturated heterocycles. The fourth-order valence-electron chi connectivity index (χ4n) is 3.05. The average Bonchev–Trinajstić information content (AvgIpc) is 3.06. The van der Waals surface area contributed by atoms with Crippen molar-refractivity contribution in [1.82, 2.24) is 0 Å². The number of benzene rings is 2. The Morgan fingerprint density at radius 1 is 1.04 bits per heavy atom. The van der Waals surface area contributed by atoms with Gasteiger partial charge in [0.25, 0.3) is 5.91 Å². The molecule has 0 saturated carbocycles. The fourth-order valence-corrected chi connectivity index (χ4v) is 3.05. The molecule has 2 aromatic carbocycles. The van der Waals surface area contributed by atoms with Crippen molar-refractivity contribution in [3.63, 3.8) is 0 Å². The van der Waals surface area contributed by atoms with Crippen molar-refractivity contribution in [3.8, 4) is 11.1 Å². The number of anilines is 1. The zero-order chi connectivity index (χ0) is 18.0. The SMILES string of the molecule is Cc1cccc(-c2ccc(NC(=O)C3=C(C(=O)O)CCC3)c(F)c2)c1. The second-order valence-corrected chi connectivity index (χ2v) is 6.13. The van der Waals surface area contributed by atoms with Gasteiger partial charge in [-0.3, -0.25) is 4.79 Å². The van der Waals surface area contributed by atoms with Crippen molar-refractivity contribution < 1.29 is 19.1 Å². The third-order valence-corrected chi connectivity index (χ3v) is 4.32. The van der Waals surface area contributed by atoms with Crippen LogP contribution in [0, 0.1) is 12.7 Å². The van der Waals surface area contributed by atoms with Crippen molar-refractivity contribution in [2.75, 3.05) is 5.32 Å². The molecule has 0 spiro atoms. The third kappa shape index (κ3) is 3.60. The van der Waals surface area contributed by atoms with E-state index in [1.807, 2.05) is 31.2 Å². The maximum Gasteiger partial charge on any atom is 0.332 e. The number of carboxylic acids is 1. The number of hydrogen-bond donors (Lipinski definition) is 2. The van der Waals surface area contributed by atoms with E-state index in [1.165, 1.54) is 12.1 Å². The maximum atomic E-state index is 14.4. The summed E-state index contributed by atoms with van der Waals surface area (Å²) in [4.78, 5) is 23.4. The molecule has 25 heavy (non-hydrogen) atoms. The number of carbonyl (C=O) groups is 2. The molecule has 0 fully saturated rings. The van der Waals surface area contributed by atoms with Crippen LogP contribution >= 0.6 is 0 Å². The van der Waals surface area contributed by atoms with Gasteiger partial charge >= 0.3 is 5.97 Å². The Balaban J connectivity index is 1.83. The number of aliphatic carboxylic acids is 1. The number of amides is 1. The van der Waals surface area contributed by atoms with Crippen LogP contribution in [0.25, 0.3) is 11.1 Å². The molecule has 0 unspecified atom stereocenters. The molecule has 3 rings (SSSR count). The van der Waals surface area contributed by atoms with E-state index < -0.39 is 17.7 Å². The second kappa shape index (κ2) is 6.89. The highest BCUT2D eigenvalue weighted by molar-refractivity contribution is 6.09. The number of halogens is 1. The van der Waals surface area contributed by atoms with Gasteiger partial charge in [0.15, 0.2) is 0 Å². The lowest BCUT2D eigenvalue weighted by atomic mass is 10.0. The van der Waals surface area contributed by atoms with Gasteiger partial charge in [-0.2, -0.15) is 0 Å². The number of carbonyl (C=O) groups excluding carboxylic acids is 1. The van der Waals surface area contributed by atoms with Crippen LogP contribution in [0.15, 0.2) is 53.6 Å². The smallest absolute Gasteiger partial charge is 0.332 e. The van der Waals surface area contributed by atoms with Crippen LogP contribution in [0.4, 0.5) is 10.1 Å². The van der Waals surface area contributed by atoms with Crippen molar-refractivity contribution in [2.45, 2.75) is 26.2 Å². The summed E-state index contributed by atoms with van der Waals surface area (Å²) in [6.07, 6.45) is 1.39. The summed E-state index contributed by atoms with van der Waals surface area (Å²) in [5.41, 5.74) is 3.08. The molecule has 128 valence electrons. The molecule has 0 aliphatic heterocycles. The zero-order valence-electron chi connectivity index (χ0n) is 13.8. The predicted molar refractivity (Wildman–Crippen MR) is 93.7 cm³/mol. The van der Waals surface area contributed by atoms with E-state index in [1.54, 1.807) is 6.07 Å². The molecule has 0 heterocycles. The molecule has 2 aromatic rings. The summed E-state index contributed by atoms with van der Waals surface area (Å²) < 4.78 is 14.4. The highest BCUT2D eigenvalue weighted by Crippen LogP contribution is 2.29. The maximum absolute atomic E-state index is 14.4. The summed E-state index contributed by atoms with van der Waals surface area (Å²) in [7, 11) is 0. The van der Waals surface area contributed by atoms with Gasteiger partial charge in [-0.25, -0.2) is 9.18 Å². The van der Waals surface area contributed by atoms with Gasteiger partial charge in [0.2, 0.25) is 0 Å². The summed E-state index contributed by atoms with van der Waals surface area (Å²) in [5.74, 6) is -2.18. The van der Waals surface area contributed by atoms with Crippen molar-refractivity contribution >= 4 is 17.6 Å². The molecule has 1 aliphatic rings. The van der Waals surface area contributed by atoms with Crippen LogP contribution in [0.1, 0.15) is 24.8 Å². The van der Waals surface area contributed by atoms with Crippen molar-refractivity contribution in [3.05, 3.63) is 65.0 Å². The van der Waals surface area contributed by atoms with Crippen molar-refractivity contribution in [1.29, 1.82) is 0 Å². The molecule has 1 amide bonds. The topological polar surface area (TPSA) is 66.4 Å². The average molecular weight is 339 g/mol. The first-order chi connectivity index (χ1) is 12.0. The Hall–Kier alpha value is -2.95. The monoisotopic (exact) mass is 339 g/mol. The van der Waals surface area contributed by atoms with E-state index in [4.69, 9.17) is 5.11 Å². The van der Waals surface area contributed by atoms with Crippen LogP contribution in [0.5, 0.6) is 0 Å². The Bertz CT molecular complexity index is 886. The summed E-state index contributed by atoms with van der Waals surface area (Å²) in [6.45, 7) is 1.96. The van der Waals surface area contributed by atoms with E-state index in [0.717, 1.165) is 11.1 Å². The Morgan fingerprint density at radius 3 is 2.44 bits per heavy atom. The van der Waals surface area contributed by atoms with Crippen molar-refractivity contribution in [2.24, 2.45) is 0 Å². The van der Waals surface area contributed by atoms with E-state index >= 15 is 0 Å². The van der Waals surface area contributed by atoms with Crippen LogP contribution in [0.3, 0.4) is 0 Å². The first kappa shape index (κ1) is 16.9. The number of hydrogen-bond acceptors (Lipinski definition) is 2. The van der Waals surface area contributed by atoms with Crippen LogP contribution in [-0.2, 0) is 9.59 Å². The fraction of sp³-hybridized carbons (Fsp3) is 0.200. The summed E-state index contributed by atoms with van der Waals surface area (Å²) in [5, 5.41) is 11.6. The standard InChI is InChI=1S/C20H18FNO3/c1-12-4-2-5-13(10-12)14-8-9-18(17(21)11-14)22-19(23)15-6-3-7-16(15)20(24)25/h2,4-5,8-11H,3,6-7H2,1H3,(H,22,23)(H,24,25). The van der Waals surface area contributed by atoms with Gasteiger partial charge in [-0.05, 0) is 49.4 Å². The Kier molecular flexibility index (Phi) is 4.65. The Labute approximate surface area is 145 Å². The lowest BCUT2D eigenvalue weighted by molar-refractivity contribution is -0.133. The van der Waals surface area contributed by atoms with E-state index in [-0.39, 0.29) is 16.8 Å². The highest BCUT2D eigenvalue weighted by atomic mass is 19.1. The minimum Gasteiger partial charge on any atom is -0.478 e. The van der Waals surface area contributed by atoms with E-state index in [9.17, 15) is 14.0 Å². The van der Waals surface area contributed by atoms with E-state index in [0.29, 0.717) is 24.8 Å². The number of nitrogens with one attached hydrogen (secondary N) is 1. The summed E-state index contributed by atoms with van der Waals surface area (Å²) >= 11 is 0. The Morgan fingerprint density at radius 2 is 1.76 bits per heavy atom.